The van der Waals surface area contributed by atoms with E-state index in [9.17, 15) is 31.1 Å². The van der Waals surface area contributed by atoms with Gasteiger partial charge in [0, 0.05) is 111 Å². The number of aliphatic hydroxyl groups excluding tert-OH is 1. The molecule has 4 unspecified atom stereocenters. The van der Waals surface area contributed by atoms with E-state index in [1.807, 2.05) is 64.1 Å². The van der Waals surface area contributed by atoms with Crippen molar-refractivity contribution in [2.24, 2.45) is 23.7 Å². The van der Waals surface area contributed by atoms with Gasteiger partial charge in [0.2, 0.25) is 10.6 Å². The Hall–Kier alpha value is -7.06. The predicted octanol–water partition coefficient (Wildman–Crippen LogP) is 5.08. The molecule has 4 aliphatic carbocycles. The van der Waals surface area contributed by atoms with E-state index >= 15 is 0 Å². The van der Waals surface area contributed by atoms with Gasteiger partial charge in [0.05, 0.1) is 37.7 Å². The van der Waals surface area contributed by atoms with Gasteiger partial charge in [-0.25, -0.2) is 19.7 Å². The zero-order chi connectivity index (χ0) is 63.6. The second-order valence-electron chi connectivity index (χ2n) is 26.8. The molecule has 2 saturated heterocycles. The number of aryl methyl sites for hydroxylation is 4. The smallest absolute Gasteiger partial charge is 0.376 e. The highest BCUT2D eigenvalue weighted by Gasteiger charge is 2.39. The van der Waals surface area contributed by atoms with Gasteiger partial charge in [-0.3, -0.25) is 9.80 Å². The third kappa shape index (κ3) is 14.3. The molecule has 4 atom stereocenters. The Morgan fingerprint density at radius 3 is 1.17 bits per heavy atom. The summed E-state index contributed by atoms with van der Waals surface area (Å²) in [5.41, 5.74) is 14.6. The number of ether oxygens (including phenoxy) is 2. The van der Waals surface area contributed by atoms with Gasteiger partial charge in [-0.2, -0.15) is 0 Å². The number of aromatic nitrogens is 12. The van der Waals surface area contributed by atoms with E-state index in [4.69, 9.17) is 13.9 Å². The monoisotopic (exact) mass is 1250 g/mol. The average molecular weight is 1250 g/mol. The second-order valence-corrected chi connectivity index (χ2v) is 31.6. The molecule has 480 valence electrons. The molecule has 8 aromatic rings. The lowest BCUT2D eigenvalue weighted by Crippen LogP contribution is -2.45. The van der Waals surface area contributed by atoms with Crippen molar-refractivity contribution < 1.29 is 43.1 Å². The van der Waals surface area contributed by atoms with Crippen molar-refractivity contribution in [3.05, 3.63) is 142 Å². The first-order chi connectivity index (χ1) is 43.2. The van der Waals surface area contributed by atoms with Crippen LogP contribution in [0.3, 0.4) is 0 Å². The molecular weight excluding hydrogens is 1160 g/mol. The molecule has 2 fully saturated rings. The van der Waals surface area contributed by atoms with Crippen molar-refractivity contribution in [2.45, 2.75) is 144 Å². The highest BCUT2D eigenvalue weighted by Crippen LogP contribution is 2.39. The summed E-state index contributed by atoms with van der Waals surface area (Å²) in [5, 5.41) is 85.8. The third-order valence-electron chi connectivity index (χ3n) is 19.4. The van der Waals surface area contributed by atoms with Crippen LogP contribution < -0.4 is 24.1 Å². The van der Waals surface area contributed by atoms with E-state index in [-0.39, 0.29) is 23.4 Å². The molecule has 0 bridgehead atoms. The summed E-state index contributed by atoms with van der Waals surface area (Å²) < 4.78 is 18.0. The van der Waals surface area contributed by atoms with Crippen molar-refractivity contribution in [1.29, 1.82) is 0 Å². The Labute approximate surface area is 527 Å². The number of nitrogens with zero attached hydrogens (tertiary/aromatic N) is 14. The zero-order valence-electron chi connectivity index (χ0n) is 53.9. The molecule has 14 rings (SSSR count). The van der Waals surface area contributed by atoms with Gasteiger partial charge in [0.15, 0.2) is 25.8 Å². The van der Waals surface area contributed by atoms with Crippen LogP contribution in [0, 0.1) is 49.7 Å². The molecule has 23 nitrogen and oxygen atoms in total. The van der Waals surface area contributed by atoms with Gasteiger partial charge in [-0.05, 0) is 176 Å². The van der Waals surface area contributed by atoms with Crippen LogP contribution in [-0.2, 0) is 90.9 Å². The fourth-order valence-electron chi connectivity index (χ4n) is 13.3. The van der Waals surface area contributed by atoms with Crippen molar-refractivity contribution in [3.8, 4) is 0 Å². The highest BCUT2D eigenvalue weighted by molar-refractivity contribution is 6.74. The van der Waals surface area contributed by atoms with Crippen LogP contribution in [0.2, 0.25) is 18.1 Å². The number of hydrogen-bond donors (Lipinski definition) is 1. The molecule has 6 heterocycles. The highest BCUT2D eigenvalue weighted by atomic mass is 28.4. The van der Waals surface area contributed by atoms with Gasteiger partial charge >= 0.3 is 11.3 Å². The normalized spacial score (nSPS) is 19.8. The maximum atomic E-state index is 12.4. The quantitative estimate of drug-likeness (QED) is 0.0948. The van der Waals surface area contributed by atoms with Crippen LogP contribution in [-0.4, -0.2) is 137 Å². The Balaban J connectivity index is 0.000000124. The first kappa shape index (κ1) is 64.5. The van der Waals surface area contributed by atoms with Crippen LogP contribution in [0.1, 0.15) is 116 Å². The number of fused-ring (bicyclic) bond motifs is 8. The van der Waals surface area contributed by atoms with E-state index in [0.717, 1.165) is 155 Å². The van der Waals surface area contributed by atoms with Crippen LogP contribution in [0.15, 0.2) is 48.5 Å². The van der Waals surface area contributed by atoms with E-state index in [2.05, 4.69) is 91.1 Å². The van der Waals surface area contributed by atoms with Gasteiger partial charge in [-0.1, -0.05) is 48.5 Å². The molecule has 90 heavy (non-hydrogen) atoms. The number of rotatable bonds is 12. The predicted molar refractivity (Wildman–Crippen MR) is 341 cm³/mol. The van der Waals surface area contributed by atoms with Crippen LogP contribution in [0.5, 0.6) is 0 Å². The summed E-state index contributed by atoms with van der Waals surface area (Å²) in [5.74, 6) is 3.95. The Bertz CT molecular complexity index is 3920. The lowest BCUT2D eigenvalue weighted by molar-refractivity contribution is -0.685. The Morgan fingerprint density at radius 1 is 0.478 bits per heavy atom. The largest absolute Gasteiger partial charge is 0.710 e. The molecule has 4 aromatic carbocycles. The first-order valence-electron chi connectivity index (χ1n) is 32.5. The molecule has 2 aliphatic heterocycles. The summed E-state index contributed by atoms with van der Waals surface area (Å²) >= 11 is 0. The Kier molecular flexibility index (Phi) is 19.6. The zero-order valence-corrected chi connectivity index (χ0v) is 54.9. The van der Waals surface area contributed by atoms with E-state index in [1.54, 1.807) is 0 Å². The van der Waals surface area contributed by atoms with Crippen LogP contribution in [0.25, 0.3) is 44.1 Å². The lowest BCUT2D eigenvalue weighted by Gasteiger charge is -2.37. The third-order valence-corrected chi connectivity index (χ3v) is 23.9. The SMILES string of the molecule is CCc1n[n+]([O-])c2cc3c(cc2[n+]1[O-])CC(CN1CCOCC1)C3.CCc1nc2cc3c(cc2[n+]([O-])n1)CC(CN1CCOCC1)C3.CCc1nc2cc3c(cc2[n+]([O-])n1)CC(CO)C3.CCc1nc2cc3c(cc2[n+]([O-])n1)CC(CO[Si](C)(C)C(C)(C)C)C3. The maximum Gasteiger partial charge on any atom is 0.376 e. The van der Waals surface area contributed by atoms with Crippen molar-refractivity contribution >= 4 is 52.5 Å². The van der Waals surface area contributed by atoms with E-state index in [0.29, 0.717) is 104 Å². The average Bonchev–Trinajstić information content (AvgIpc) is 1.52. The Morgan fingerprint density at radius 2 is 0.811 bits per heavy atom. The molecule has 6 aliphatic rings. The number of aliphatic hydroxyl groups is 1. The minimum absolute atomic E-state index is 0.189. The molecule has 24 heteroatoms. The standard InChI is InChI=1S/C19H29N3O2Si.C17H22N4O3.C17H22N4O2.C13H15N3O2/c1-7-18-20-16-10-14-8-13(12-24-25(5,6)19(2,3)4)9-15(14)11-17(16)22(23)21-18;1-2-17-18-21(23)16-10-14-8-12(11-19-3-5-24-6-4-19)7-13(14)9-15(16)20(17)22;1-2-17-18-15-9-13-7-12(11-20-3-5-23-6-4-20)8-14(13)10-16(15)21(22)19-17;1-2-13-14-11-5-9-3-8(7-17)4-10(9)6-12(11)16(18)15-13/h10-11,13H,7-9,12H2,1-6H3;9-10,12H,2-8,11H2,1H3;9-10,12H,2-8,11H2,1H3;5-6,8,17H,2-4,7H2,1H3. The van der Waals surface area contributed by atoms with Crippen LogP contribution >= 0.6 is 0 Å². The summed E-state index contributed by atoms with van der Waals surface area (Å²) in [7, 11) is -1.72. The van der Waals surface area contributed by atoms with Gasteiger partial charge < -0.3 is 45.0 Å². The van der Waals surface area contributed by atoms with Crippen molar-refractivity contribution in [1.82, 2.24) is 45.1 Å². The molecule has 0 amide bonds. The van der Waals surface area contributed by atoms with E-state index in [1.165, 1.54) is 38.9 Å². The fraction of sp³-hybridized carbons (Fsp3) is 0.576. The fourth-order valence-corrected chi connectivity index (χ4v) is 14.4. The molecule has 0 saturated carbocycles. The molecule has 4 aromatic heterocycles. The summed E-state index contributed by atoms with van der Waals surface area (Å²) in [6.45, 7) is 29.6. The number of hydrogen-bond acceptors (Lipinski definition) is 18. The molecule has 1 N–H and O–H groups in total. The van der Waals surface area contributed by atoms with Gasteiger partial charge in [-0.15, -0.1) is 0 Å². The summed E-state index contributed by atoms with van der Waals surface area (Å²) in [4.78, 5) is 21.1. The minimum atomic E-state index is -1.72. The lowest BCUT2D eigenvalue weighted by atomic mass is 10.1. The minimum Gasteiger partial charge on any atom is -0.710 e. The summed E-state index contributed by atoms with van der Waals surface area (Å²) in [6.07, 6.45) is 10.1. The van der Waals surface area contributed by atoms with Crippen LogP contribution in [0.4, 0.5) is 0 Å². The number of benzene rings is 4. The van der Waals surface area contributed by atoms with Crippen molar-refractivity contribution in [2.75, 3.05) is 78.9 Å². The molecule has 0 spiro atoms. The summed E-state index contributed by atoms with van der Waals surface area (Å²) in [6, 6.07) is 15.7. The molecular formula is C66H88N14O9Si. The second kappa shape index (κ2) is 27.4. The maximum absolute atomic E-state index is 12.4. The van der Waals surface area contributed by atoms with E-state index < -0.39 is 8.32 Å². The van der Waals surface area contributed by atoms with Crippen molar-refractivity contribution in [3.63, 3.8) is 0 Å². The molecule has 0 radical (unpaired) electrons. The first-order valence-corrected chi connectivity index (χ1v) is 35.4. The number of morpholine rings is 2. The van der Waals surface area contributed by atoms with Gasteiger partial charge in [0.25, 0.3) is 16.6 Å². The van der Waals surface area contributed by atoms with Gasteiger partial charge in [0.1, 0.15) is 16.6 Å². The topological polar surface area (TPSA) is 279 Å².